The Morgan fingerprint density at radius 3 is 2.43 bits per heavy atom. The van der Waals surface area contributed by atoms with Crippen LogP contribution in [0.15, 0.2) is 71.5 Å². The highest BCUT2D eigenvalue weighted by Crippen LogP contribution is 2.29. The van der Waals surface area contributed by atoms with Gasteiger partial charge in [0.2, 0.25) is 0 Å². The van der Waals surface area contributed by atoms with E-state index in [0.29, 0.717) is 5.92 Å². The van der Waals surface area contributed by atoms with Gasteiger partial charge in [0.1, 0.15) is 0 Å². The highest BCUT2D eigenvalue weighted by atomic mass is 14.6. The molecule has 0 saturated carbocycles. The fourth-order valence-electron chi connectivity index (χ4n) is 2.60. The van der Waals surface area contributed by atoms with Gasteiger partial charge in [-0.3, -0.25) is 0 Å². The van der Waals surface area contributed by atoms with Crippen molar-refractivity contribution in [3.05, 3.63) is 71.5 Å². The molecular weight excluding hydrogens is 254 g/mol. The molecule has 114 valence electrons. The van der Waals surface area contributed by atoms with E-state index in [-0.39, 0.29) is 0 Å². The molecule has 0 aromatic rings. The number of rotatable bonds is 7. The maximum absolute atomic E-state index is 6.10. The van der Waals surface area contributed by atoms with Crippen LogP contribution in [0.2, 0.25) is 0 Å². The van der Waals surface area contributed by atoms with Gasteiger partial charge in [0.05, 0.1) is 0 Å². The molecule has 1 aliphatic carbocycles. The van der Waals surface area contributed by atoms with Gasteiger partial charge in [0, 0.05) is 5.70 Å². The summed E-state index contributed by atoms with van der Waals surface area (Å²) in [4.78, 5) is 0. The van der Waals surface area contributed by atoms with Crippen LogP contribution in [0.4, 0.5) is 0 Å². The monoisotopic (exact) mass is 283 g/mol. The topological polar surface area (TPSA) is 26.0 Å². The van der Waals surface area contributed by atoms with Crippen LogP contribution in [0.25, 0.3) is 0 Å². The van der Waals surface area contributed by atoms with Crippen LogP contribution < -0.4 is 5.73 Å². The zero-order valence-electron chi connectivity index (χ0n) is 13.8. The molecule has 0 amide bonds. The zero-order valence-corrected chi connectivity index (χ0v) is 13.8. The third-order valence-electron chi connectivity index (χ3n) is 3.83. The van der Waals surface area contributed by atoms with E-state index in [1.54, 1.807) is 0 Å². The van der Waals surface area contributed by atoms with Gasteiger partial charge in [-0.15, -0.1) is 6.58 Å². The largest absolute Gasteiger partial charge is 0.402 e. The summed E-state index contributed by atoms with van der Waals surface area (Å²) in [5, 5.41) is 0. The molecule has 0 radical (unpaired) electrons. The molecule has 2 N–H and O–H groups in total. The first-order valence-electron chi connectivity index (χ1n) is 7.78. The smallest absolute Gasteiger partial charge is 0.00873 e. The molecule has 1 unspecified atom stereocenters. The number of hydrogen-bond acceptors (Lipinski definition) is 1. The molecule has 0 spiro atoms. The lowest BCUT2D eigenvalue weighted by molar-refractivity contribution is 0.724. The molecule has 1 rings (SSSR count). The van der Waals surface area contributed by atoms with Crippen LogP contribution in [-0.4, -0.2) is 0 Å². The van der Waals surface area contributed by atoms with Crippen LogP contribution in [0, 0.1) is 5.92 Å². The summed E-state index contributed by atoms with van der Waals surface area (Å²) in [6, 6.07) is 0. The van der Waals surface area contributed by atoms with E-state index < -0.39 is 0 Å². The quantitative estimate of drug-likeness (QED) is 0.477. The van der Waals surface area contributed by atoms with Crippen molar-refractivity contribution in [3.63, 3.8) is 0 Å². The molecule has 0 bridgehead atoms. The Morgan fingerprint density at radius 1 is 1.24 bits per heavy atom. The minimum atomic E-state index is 0.410. The number of nitrogens with two attached hydrogens (primary N) is 1. The lowest BCUT2D eigenvalue weighted by atomic mass is 9.87. The molecule has 0 fully saturated rings. The van der Waals surface area contributed by atoms with Crippen molar-refractivity contribution in [1.29, 1.82) is 0 Å². The Balaban J connectivity index is 2.76. The van der Waals surface area contributed by atoms with E-state index >= 15 is 0 Å². The minimum absolute atomic E-state index is 0.410. The van der Waals surface area contributed by atoms with E-state index in [2.05, 4.69) is 51.3 Å². The summed E-state index contributed by atoms with van der Waals surface area (Å²) >= 11 is 0. The van der Waals surface area contributed by atoms with Crippen molar-refractivity contribution in [3.8, 4) is 0 Å². The van der Waals surface area contributed by atoms with Crippen LogP contribution in [-0.2, 0) is 0 Å². The highest BCUT2D eigenvalue weighted by Gasteiger charge is 2.13. The van der Waals surface area contributed by atoms with Crippen LogP contribution in [0.1, 0.15) is 46.5 Å². The van der Waals surface area contributed by atoms with Crippen molar-refractivity contribution in [2.75, 3.05) is 0 Å². The first-order chi connectivity index (χ1) is 9.95. The molecular formula is C20H29N. The van der Waals surface area contributed by atoms with Gasteiger partial charge >= 0.3 is 0 Å². The van der Waals surface area contributed by atoms with Gasteiger partial charge in [-0.1, -0.05) is 49.5 Å². The SMILES string of the molecule is C=C/C=C1/C=CC(/C(CCCCC(=C)C)=C(/C)N)=CC1C. The summed E-state index contributed by atoms with van der Waals surface area (Å²) in [5.41, 5.74) is 12.2. The lowest BCUT2D eigenvalue weighted by Gasteiger charge is -2.19. The van der Waals surface area contributed by atoms with Crippen molar-refractivity contribution in [1.82, 2.24) is 0 Å². The third kappa shape index (κ3) is 5.63. The van der Waals surface area contributed by atoms with Gasteiger partial charge in [-0.2, -0.15) is 0 Å². The van der Waals surface area contributed by atoms with E-state index in [9.17, 15) is 0 Å². The summed E-state index contributed by atoms with van der Waals surface area (Å²) in [6.07, 6.45) is 15.1. The highest BCUT2D eigenvalue weighted by molar-refractivity contribution is 5.49. The van der Waals surface area contributed by atoms with Gasteiger partial charge in [-0.05, 0) is 62.2 Å². The van der Waals surface area contributed by atoms with Crippen molar-refractivity contribution < 1.29 is 0 Å². The Morgan fingerprint density at radius 2 is 1.90 bits per heavy atom. The molecule has 0 aromatic carbocycles. The Labute approximate surface area is 130 Å². The summed E-state index contributed by atoms with van der Waals surface area (Å²) in [6.45, 7) is 14.0. The average molecular weight is 283 g/mol. The van der Waals surface area contributed by atoms with Gasteiger partial charge in [0.15, 0.2) is 0 Å². The Kier molecular flexibility index (Phi) is 7.01. The van der Waals surface area contributed by atoms with E-state index in [4.69, 9.17) is 5.73 Å². The second-order valence-electron chi connectivity index (χ2n) is 5.97. The molecule has 1 heteroatoms. The Hall–Kier alpha value is -1.76. The lowest BCUT2D eigenvalue weighted by Crippen LogP contribution is -2.06. The molecule has 0 saturated heterocycles. The summed E-state index contributed by atoms with van der Waals surface area (Å²) < 4.78 is 0. The molecule has 21 heavy (non-hydrogen) atoms. The van der Waals surface area contributed by atoms with Crippen molar-refractivity contribution in [2.24, 2.45) is 11.7 Å². The molecule has 1 atom stereocenters. The van der Waals surface area contributed by atoms with Crippen LogP contribution in [0.5, 0.6) is 0 Å². The predicted molar refractivity (Wildman–Crippen MR) is 94.8 cm³/mol. The second-order valence-corrected chi connectivity index (χ2v) is 5.97. The normalized spacial score (nSPS) is 21.0. The number of allylic oxidation sites excluding steroid dienone is 10. The first-order valence-corrected chi connectivity index (χ1v) is 7.78. The van der Waals surface area contributed by atoms with E-state index in [1.807, 2.05) is 13.0 Å². The predicted octanol–water partition coefficient (Wildman–Crippen LogP) is 5.60. The molecule has 0 aromatic heterocycles. The summed E-state index contributed by atoms with van der Waals surface area (Å²) in [5.74, 6) is 0.410. The van der Waals surface area contributed by atoms with Gasteiger partial charge in [0.25, 0.3) is 0 Å². The zero-order chi connectivity index (χ0) is 15.8. The first kappa shape index (κ1) is 17.3. The fourth-order valence-corrected chi connectivity index (χ4v) is 2.60. The number of hydrogen-bond donors (Lipinski definition) is 1. The minimum Gasteiger partial charge on any atom is -0.402 e. The van der Waals surface area contributed by atoms with Gasteiger partial charge in [-0.25, -0.2) is 0 Å². The standard InChI is InChI=1S/C20H29N/c1-6-9-18-12-13-19(14-16(18)4)20(17(5)21)11-8-7-10-15(2)3/h6,9,12-14,16H,1-2,7-8,10-11,21H2,3-5H3/b18-9-,20-17-. The third-order valence-corrected chi connectivity index (χ3v) is 3.83. The van der Waals surface area contributed by atoms with Crippen LogP contribution >= 0.6 is 0 Å². The average Bonchev–Trinajstić information content (AvgIpc) is 2.40. The van der Waals surface area contributed by atoms with E-state index in [0.717, 1.165) is 25.0 Å². The number of unbranched alkanes of at least 4 members (excludes halogenated alkanes) is 1. The second kappa shape index (κ2) is 8.51. The van der Waals surface area contributed by atoms with Crippen molar-refractivity contribution in [2.45, 2.75) is 46.5 Å². The molecule has 0 heterocycles. The summed E-state index contributed by atoms with van der Waals surface area (Å²) in [7, 11) is 0. The molecule has 1 nitrogen and oxygen atoms in total. The van der Waals surface area contributed by atoms with Gasteiger partial charge < -0.3 is 5.73 Å². The maximum Gasteiger partial charge on any atom is 0.00873 e. The fraction of sp³-hybridized carbons (Fsp3) is 0.400. The van der Waals surface area contributed by atoms with Crippen molar-refractivity contribution >= 4 is 0 Å². The maximum atomic E-state index is 6.10. The van der Waals surface area contributed by atoms with Crippen LogP contribution in [0.3, 0.4) is 0 Å². The van der Waals surface area contributed by atoms with E-state index in [1.165, 1.54) is 28.7 Å². The Bertz CT molecular complexity index is 508. The molecule has 0 aliphatic heterocycles. The molecule has 1 aliphatic rings.